The second-order valence-electron chi connectivity index (χ2n) is 6.28. The molecule has 0 spiro atoms. The number of nitrogens with one attached hydrogen (secondary N) is 1. The van der Waals surface area contributed by atoms with Gasteiger partial charge in [0.05, 0.1) is 13.2 Å². The number of rotatable bonds is 11. The molecule has 0 atom stereocenters. The van der Waals surface area contributed by atoms with Gasteiger partial charge in [-0.3, -0.25) is 10.1 Å². The van der Waals surface area contributed by atoms with E-state index in [1.807, 2.05) is 19.9 Å². The van der Waals surface area contributed by atoms with E-state index in [0.29, 0.717) is 35.4 Å². The van der Waals surface area contributed by atoms with Crippen molar-refractivity contribution in [1.29, 1.82) is 0 Å². The van der Waals surface area contributed by atoms with Gasteiger partial charge in [0.25, 0.3) is 5.91 Å². The van der Waals surface area contributed by atoms with Gasteiger partial charge < -0.3 is 9.47 Å². The molecule has 2 aromatic rings. The SMILES string of the molecule is CCOc1cccc(OCC)c1C(=O)Nc1nnc(C(CC)(CC)CSC)s1. The average Bonchev–Trinajstić information content (AvgIpc) is 3.15. The van der Waals surface area contributed by atoms with E-state index in [1.54, 1.807) is 23.9 Å². The van der Waals surface area contributed by atoms with Gasteiger partial charge in [0.1, 0.15) is 22.1 Å². The predicted molar refractivity (Wildman–Crippen MR) is 117 cm³/mol. The Morgan fingerprint density at radius 3 is 2.21 bits per heavy atom. The lowest BCUT2D eigenvalue weighted by Crippen LogP contribution is -2.27. The summed E-state index contributed by atoms with van der Waals surface area (Å²) in [7, 11) is 0. The van der Waals surface area contributed by atoms with Gasteiger partial charge in [-0.25, -0.2) is 0 Å². The Bertz CT molecular complexity index is 752. The predicted octanol–water partition coefficient (Wildman–Crippen LogP) is 5.01. The maximum atomic E-state index is 13.0. The number of thioether (sulfide) groups is 1. The summed E-state index contributed by atoms with van der Waals surface area (Å²) in [5.74, 6) is 1.66. The van der Waals surface area contributed by atoms with Crippen molar-refractivity contribution in [1.82, 2.24) is 10.2 Å². The molecular formula is C20H29N3O3S2. The third kappa shape index (κ3) is 4.97. The summed E-state index contributed by atoms with van der Waals surface area (Å²) < 4.78 is 11.3. The molecule has 0 bridgehead atoms. The minimum atomic E-state index is -0.307. The fraction of sp³-hybridized carbons (Fsp3) is 0.550. The summed E-state index contributed by atoms with van der Waals surface area (Å²) in [5, 5.41) is 12.9. The number of benzene rings is 1. The number of hydrogen-bond acceptors (Lipinski definition) is 7. The van der Waals surface area contributed by atoms with Crippen LogP contribution in [0.25, 0.3) is 0 Å². The number of hydrogen-bond donors (Lipinski definition) is 1. The lowest BCUT2D eigenvalue weighted by Gasteiger charge is -2.27. The number of ether oxygens (including phenoxy) is 2. The second kappa shape index (κ2) is 10.7. The largest absolute Gasteiger partial charge is 0.493 e. The number of aromatic nitrogens is 2. The summed E-state index contributed by atoms with van der Waals surface area (Å²) in [5.41, 5.74) is 0.365. The first-order valence-electron chi connectivity index (χ1n) is 9.58. The third-order valence-corrected chi connectivity index (χ3v) is 6.61. The van der Waals surface area contributed by atoms with Crippen LogP contribution in [0, 0.1) is 0 Å². The fourth-order valence-electron chi connectivity index (χ4n) is 3.03. The maximum absolute atomic E-state index is 13.0. The number of carbonyl (C=O) groups is 1. The summed E-state index contributed by atoms with van der Waals surface area (Å²) in [6.45, 7) is 9.03. The van der Waals surface area contributed by atoms with Gasteiger partial charge in [0.2, 0.25) is 5.13 Å². The van der Waals surface area contributed by atoms with Crippen molar-refractivity contribution < 1.29 is 14.3 Å². The minimum Gasteiger partial charge on any atom is -0.493 e. The highest BCUT2D eigenvalue weighted by molar-refractivity contribution is 7.98. The standard InChI is InChI=1S/C20H29N3O3S2/c1-6-20(7-2,13-27-5)18-22-23-19(28-18)21-17(24)16-14(25-8-3)11-10-12-15(16)26-9-4/h10-12H,6-9,13H2,1-5H3,(H,21,23,24). The normalized spacial score (nSPS) is 11.3. The Balaban J connectivity index is 2.30. The van der Waals surface area contributed by atoms with Crippen molar-refractivity contribution in [2.24, 2.45) is 0 Å². The summed E-state index contributed by atoms with van der Waals surface area (Å²) in [6, 6.07) is 5.35. The number of amides is 1. The summed E-state index contributed by atoms with van der Waals surface area (Å²) in [4.78, 5) is 13.0. The van der Waals surface area contributed by atoms with Crippen LogP contribution in [0.2, 0.25) is 0 Å². The zero-order valence-corrected chi connectivity index (χ0v) is 18.8. The molecule has 8 heteroatoms. The van der Waals surface area contributed by atoms with E-state index in [9.17, 15) is 4.79 Å². The van der Waals surface area contributed by atoms with E-state index < -0.39 is 0 Å². The zero-order valence-electron chi connectivity index (χ0n) is 17.2. The zero-order chi connectivity index (χ0) is 20.6. The monoisotopic (exact) mass is 423 g/mol. The average molecular weight is 424 g/mol. The Hall–Kier alpha value is -1.80. The number of carbonyl (C=O) groups excluding carboxylic acids is 1. The van der Waals surface area contributed by atoms with Gasteiger partial charge in [0, 0.05) is 11.2 Å². The molecule has 1 aromatic carbocycles. The van der Waals surface area contributed by atoms with Crippen LogP contribution < -0.4 is 14.8 Å². The molecule has 0 saturated heterocycles. The van der Waals surface area contributed by atoms with Crippen LogP contribution in [0.5, 0.6) is 11.5 Å². The lowest BCUT2D eigenvalue weighted by atomic mass is 9.85. The van der Waals surface area contributed by atoms with Crippen LogP contribution in [-0.4, -0.2) is 41.3 Å². The van der Waals surface area contributed by atoms with Gasteiger partial charge in [-0.2, -0.15) is 11.8 Å². The second-order valence-corrected chi connectivity index (χ2v) is 8.13. The molecule has 0 aliphatic heterocycles. The van der Waals surface area contributed by atoms with Crippen LogP contribution in [0.15, 0.2) is 18.2 Å². The van der Waals surface area contributed by atoms with Crippen LogP contribution in [-0.2, 0) is 5.41 Å². The molecule has 28 heavy (non-hydrogen) atoms. The van der Waals surface area contributed by atoms with Crippen LogP contribution in [0.3, 0.4) is 0 Å². The van der Waals surface area contributed by atoms with Crippen LogP contribution in [0.4, 0.5) is 5.13 Å². The summed E-state index contributed by atoms with van der Waals surface area (Å²) >= 11 is 3.25. The van der Waals surface area contributed by atoms with Crippen molar-refractivity contribution in [3.05, 3.63) is 28.8 Å². The first-order valence-corrected chi connectivity index (χ1v) is 11.8. The molecule has 0 aliphatic rings. The first kappa shape index (κ1) is 22.5. The molecular weight excluding hydrogens is 394 g/mol. The van der Waals surface area contributed by atoms with Crippen molar-refractivity contribution in [3.63, 3.8) is 0 Å². The van der Waals surface area contributed by atoms with E-state index in [1.165, 1.54) is 11.3 Å². The Labute approximate surface area is 175 Å². The molecule has 0 fully saturated rings. The highest BCUT2D eigenvalue weighted by Gasteiger charge is 2.32. The van der Waals surface area contributed by atoms with Crippen LogP contribution >= 0.6 is 23.1 Å². The molecule has 6 nitrogen and oxygen atoms in total. The summed E-state index contributed by atoms with van der Waals surface area (Å²) in [6.07, 6.45) is 4.06. The van der Waals surface area contributed by atoms with E-state index in [2.05, 4.69) is 35.6 Å². The van der Waals surface area contributed by atoms with Gasteiger partial charge in [0.15, 0.2) is 0 Å². The molecule has 1 amide bonds. The first-order chi connectivity index (χ1) is 13.5. The van der Waals surface area contributed by atoms with Crippen molar-refractivity contribution in [2.45, 2.75) is 46.0 Å². The molecule has 0 saturated carbocycles. The van der Waals surface area contributed by atoms with E-state index in [-0.39, 0.29) is 11.3 Å². The van der Waals surface area contributed by atoms with Gasteiger partial charge in [-0.15, -0.1) is 10.2 Å². The van der Waals surface area contributed by atoms with E-state index >= 15 is 0 Å². The van der Waals surface area contributed by atoms with Crippen molar-refractivity contribution >= 4 is 34.1 Å². The van der Waals surface area contributed by atoms with Crippen molar-refractivity contribution in [3.8, 4) is 11.5 Å². The molecule has 2 rings (SSSR count). The fourth-order valence-corrected chi connectivity index (χ4v) is 5.29. The molecule has 1 N–H and O–H groups in total. The Morgan fingerprint density at radius 1 is 1.11 bits per heavy atom. The highest BCUT2D eigenvalue weighted by Crippen LogP contribution is 2.38. The minimum absolute atomic E-state index is 0.0141. The maximum Gasteiger partial charge on any atom is 0.265 e. The van der Waals surface area contributed by atoms with Crippen molar-refractivity contribution in [2.75, 3.05) is 30.5 Å². The van der Waals surface area contributed by atoms with Gasteiger partial charge >= 0.3 is 0 Å². The van der Waals surface area contributed by atoms with Gasteiger partial charge in [-0.1, -0.05) is 31.3 Å². The number of nitrogens with zero attached hydrogens (tertiary/aromatic N) is 2. The quantitative estimate of drug-likeness (QED) is 0.548. The molecule has 1 heterocycles. The topological polar surface area (TPSA) is 73.3 Å². The van der Waals surface area contributed by atoms with E-state index in [4.69, 9.17) is 9.47 Å². The molecule has 154 valence electrons. The van der Waals surface area contributed by atoms with Gasteiger partial charge in [-0.05, 0) is 45.1 Å². The highest BCUT2D eigenvalue weighted by atomic mass is 32.2. The van der Waals surface area contributed by atoms with E-state index in [0.717, 1.165) is 23.6 Å². The third-order valence-electron chi connectivity index (χ3n) is 4.69. The molecule has 1 aromatic heterocycles. The smallest absolute Gasteiger partial charge is 0.265 e. The molecule has 0 unspecified atom stereocenters. The lowest BCUT2D eigenvalue weighted by molar-refractivity contribution is 0.101. The number of anilines is 1. The Morgan fingerprint density at radius 2 is 1.71 bits per heavy atom. The Kier molecular flexibility index (Phi) is 8.57. The van der Waals surface area contributed by atoms with Crippen LogP contribution in [0.1, 0.15) is 55.9 Å². The molecule has 0 radical (unpaired) electrons. The molecule has 0 aliphatic carbocycles.